The van der Waals surface area contributed by atoms with Crippen LogP contribution in [0.3, 0.4) is 0 Å². The molecule has 0 heterocycles. The molecule has 0 saturated heterocycles. The van der Waals surface area contributed by atoms with Gasteiger partial charge in [-0.1, -0.05) is 18.2 Å². The largest absolute Gasteiger partial charge is 0.496 e. The van der Waals surface area contributed by atoms with E-state index in [1.807, 2.05) is 24.3 Å². The molecular weight excluding hydrogens is 200 g/mol. The summed E-state index contributed by atoms with van der Waals surface area (Å²) in [6.45, 7) is 3.56. The van der Waals surface area contributed by atoms with Crippen LogP contribution in [-0.2, 0) is 10.2 Å². The van der Waals surface area contributed by atoms with Crippen LogP contribution in [0.1, 0.15) is 19.4 Å². The number of benzene rings is 1. The van der Waals surface area contributed by atoms with E-state index >= 15 is 0 Å². The van der Waals surface area contributed by atoms with Gasteiger partial charge in [0.2, 0.25) is 5.24 Å². The molecule has 1 aromatic rings. The Morgan fingerprint density at radius 3 is 2.43 bits per heavy atom. The maximum atomic E-state index is 11.2. The van der Waals surface area contributed by atoms with Crippen molar-refractivity contribution in [3.05, 3.63) is 29.8 Å². The second kappa shape index (κ2) is 4.01. The Kier molecular flexibility index (Phi) is 3.17. The molecule has 0 aliphatic heterocycles. The molecule has 1 aromatic carbocycles. The molecule has 0 spiro atoms. The number of ether oxygens (including phenoxy) is 1. The zero-order valence-electron chi connectivity index (χ0n) is 8.50. The first-order chi connectivity index (χ1) is 6.50. The minimum absolute atomic E-state index is 0.387. The number of hydrogen-bond donors (Lipinski definition) is 0. The molecule has 0 aromatic heterocycles. The quantitative estimate of drug-likeness (QED) is 0.721. The van der Waals surface area contributed by atoms with Gasteiger partial charge >= 0.3 is 0 Å². The summed E-state index contributed by atoms with van der Waals surface area (Å²) in [5, 5.41) is -0.387. The Morgan fingerprint density at radius 1 is 1.36 bits per heavy atom. The number of hydrogen-bond acceptors (Lipinski definition) is 2. The van der Waals surface area contributed by atoms with E-state index in [1.165, 1.54) is 0 Å². The molecule has 0 amide bonds. The van der Waals surface area contributed by atoms with Gasteiger partial charge in [0.05, 0.1) is 12.5 Å². The van der Waals surface area contributed by atoms with Crippen LogP contribution in [0.25, 0.3) is 0 Å². The predicted molar refractivity (Wildman–Crippen MR) is 56.9 cm³/mol. The highest BCUT2D eigenvalue weighted by Crippen LogP contribution is 2.32. The number of para-hydroxylation sites is 1. The van der Waals surface area contributed by atoms with Gasteiger partial charge in [0.25, 0.3) is 0 Å². The van der Waals surface area contributed by atoms with Crippen molar-refractivity contribution in [2.24, 2.45) is 0 Å². The number of carbonyl (C=O) groups excluding carboxylic acids is 1. The average molecular weight is 213 g/mol. The second-order valence-corrected chi connectivity index (χ2v) is 3.94. The van der Waals surface area contributed by atoms with Crippen molar-refractivity contribution < 1.29 is 9.53 Å². The van der Waals surface area contributed by atoms with E-state index in [-0.39, 0.29) is 5.24 Å². The first-order valence-electron chi connectivity index (χ1n) is 4.33. The fourth-order valence-electron chi connectivity index (χ4n) is 1.27. The molecule has 2 nitrogen and oxygen atoms in total. The fraction of sp³-hybridized carbons (Fsp3) is 0.364. The molecule has 1 rings (SSSR count). The van der Waals surface area contributed by atoms with Crippen LogP contribution in [0.15, 0.2) is 24.3 Å². The summed E-state index contributed by atoms with van der Waals surface area (Å²) in [6.07, 6.45) is 0. The molecule has 0 fully saturated rings. The molecule has 76 valence electrons. The van der Waals surface area contributed by atoms with Crippen molar-refractivity contribution in [3.8, 4) is 5.75 Å². The molecule has 0 atom stereocenters. The van der Waals surface area contributed by atoms with Crippen LogP contribution in [-0.4, -0.2) is 12.4 Å². The Bertz CT molecular complexity index is 345. The molecule has 0 aliphatic carbocycles. The van der Waals surface area contributed by atoms with E-state index in [4.69, 9.17) is 16.3 Å². The number of halogens is 1. The van der Waals surface area contributed by atoms with Crippen LogP contribution >= 0.6 is 11.6 Å². The highest BCUT2D eigenvalue weighted by molar-refractivity contribution is 6.65. The van der Waals surface area contributed by atoms with Crippen molar-refractivity contribution in [2.75, 3.05) is 7.11 Å². The standard InChI is InChI=1S/C11H13ClO2/c1-11(2,10(12)13)8-6-4-5-7-9(8)14-3/h4-7H,1-3H3. The molecule has 0 aliphatic rings. The van der Waals surface area contributed by atoms with Gasteiger partial charge in [-0.05, 0) is 31.5 Å². The van der Waals surface area contributed by atoms with Gasteiger partial charge in [0.1, 0.15) is 5.75 Å². The Labute approximate surface area is 88.8 Å². The van der Waals surface area contributed by atoms with Gasteiger partial charge in [-0.15, -0.1) is 0 Å². The summed E-state index contributed by atoms with van der Waals surface area (Å²) in [4.78, 5) is 11.2. The minimum Gasteiger partial charge on any atom is -0.496 e. The van der Waals surface area contributed by atoms with E-state index in [1.54, 1.807) is 21.0 Å². The van der Waals surface area contributed by atoms with Gasteiger partial charge in [0.15, 0.2) is 0 Å². The van der Waals surface area contributed by atoms with E-state index in [9.17, 15) is 4.79 Å². The maximum absolute atomic E-state index is 11.2. The lowest BCUT2D eigenvalue weighted by Gasteiger charge is -2.22. The van der Waals surface area contributed by atoms with Gasteiger partial charge < -0.3 is 4.74 Å². The number of carbonyl (C=O) groups is 1. The first kappa shape index (κ1) is 11.1. The van der Waals surface area contributed by atoms with Crippen LogP contribution < -0.4 is 4.74 Å². The number of rotatable bonds is 3. The Balaban J connectivity index is 3.24. The van der Waals surface area contributed by atoms with E-state index < -0.39 is 5.41 Å². The molecular formula is C11H13ClO2. The summed E-state index contributed by atoms with van der Waals surface area (Å²) < 4.78 is 5.17. The predicted octanol–water partition coefficient (Wildman–Crippen LogP) is 2.74. The third kappa shape index (κ3) is 1.90. The highest BCUT2D eigenvalue weighted by atomic mass is 35.5. The monoisotopic (exact) mass is 212 g/mol. The lowest BCUT2D eigenvalue weighted by molar-refractivity contribution is -0.115. The molecule has 0 bridgehead atoms. The van der Waals surface area contributed by atoms with E-state index in [0.29, 0.717) is 5.75 Å². The molecule has 3 heteroatoms. The summed E-state index contributed by atoms with van der Waals surface area (Å²) in [6, 6.07) is 7.38. The second-order valence-electron chi connectivity index (χ2n) is 3.60. The van der Waals surface area contributed by atoms with Crippen molar-refractivity contribution in [1.29, 1.82) is 0 Å². The van der Waals surface area contributed by atoms with Crippen LogP contribution in [0.2, 0.25) is 0 Å². The zero-order chi connectivity index (χ0) is 10.8. The summed E-state index contributed by atoms with van der Waals surface area (Å²) in [5.74, 6) is 0.687. The van der Waals surface area contributed by atoms with E-state index in [2.05, 4.69) is 0 Å². The lowest BCUT2D eigenvalue weighted by Crippen LogP contribution is -2.25. The molecule has 0 N–H and O–H groups in total. The summed E-state index contributed by atoms with van der Waals surface area (Å²) in [7, 11) is 1.58. The normalized spacial score (nSPS) is 11.1. The maximum Gasteiger partial charge on any atom is 0.231 e. The van der Waals surface area contributed by atoms with Crippen LogP contribution in [0.5, 0.6) is 5.75 Å². The van der Waals surface area contributed by atoms with Crippen molar-refractivity contribution in [3.63, 3.8) is 0 Å². The van der Waals surface area contributed by atoms with Crippen molar-refractivity contribution in [1.82, 2.24) is 0 Å². The summed E-state index contributed by atoms with van der Waals surface area (Å²) in [5.41, 5.74) is 0.0937. The smallest absolute Gasteiger partial charge is 0.231 e. The lowest BCUT2D eigenvalue weighted by atomic mass is 9.85. The Morgan fingerprint density at radius 2 is 1.93 bits per heavy atom. The SMILES string of the molecule is COc1ccccc1C(C)(C)C(=O)Cl. The minimum atomic E-state index is -0.714. The third-order valence-electron chi connectivity index (χ3n) is 2.27. The molecule has 0 saturated carbocycles. The first-order valence-corrected chi connectivity index (χ1v) is 4.71. The summed E-state index contributed by atoms with van der Waals surface area (Å²) >= 11 is 5.54. The fourth-order valence-corrected chi connectivity index (χ4v) is 1.37. The average Bonchev–Trinajstić information content (AvgIpc) is 2.17. The van der Waals surface area contributed by atoms with Gasteiger partial charge in [-0.25, -0.2) is 0 Å². The zero-order valence-corrected chi connectivity index (χ0v) is 9.26. The Hall–Kier alpha value is -1.02. The van der Waals surface area contributed by atoms with Gasteiger partial charge in [0, 0.05) is 5.56 Å². The topological polar surface area (TPSA) is 26.3 Å². The van der Waals surface area contributed by atoms with Crippen LogP contribution in [0, 0.1) is 0 Å². The number of methoxy groups -OCH3 is 1. The third-order valence-corrected chi connectivity index (χ3v) is 2.74. The van der Waals surface area contributed by atoms with Crippen molar-refractivity contribution in [2.45, 2.75) is 19.3 Å². The highest BCUT2D eigenvalue weighted by Gasteiger charge is 2.30. The molecule has 0 radical (unpaired) electrons. The van der Waals surface area contributed by atoms with Gasteiger partial charge in [-0.2, -0.15) is 0 Å². The van der Waals surface area contributed by atoms with Gasteiger partial charge in [-0.3, -0.25) is 4.79 Å². The van der Waals surface area contributed by atoms with E-state index in [0.717, 1.165) is 5.56 Å². The molecule has 14 heavy (non-hydrogen) atoms. The van der Waals surface area contributed by atoms with Crippen LogP contribution in [0.4, 0.5) is 0 Å². The molecule has 0 unspecified atom stereocenters. The van der Waals surface area contributed by atoms with Crippen molar-refractivity contribution >= 4 is 16.8 Å².